The van der Waals surface area contributed by atoms with Gasteiger partial charge in [-0.25, -0.2) is 9.78 Å². The Morgan fingerprint density at radius 2 is 2.26 bits per heavy atom. The number of aryl methyl sites for hydroxylation is 1. The molecule has 3 aromatic heterocycles. The Labute approximate surface area is 161 Å². The predicted molar refractivity (Wildman–Crippen MR) is 102 cm³/mol. The maximum absolute atomic E-state index is 12.6. The van der Waals surface area contributed by atoms with Crippen LogP contribution in [0.5, 0.6) is 0 Å². The molecule has 1 N–H and O–H groups in total. The fourth-order valence-electron chi connectivity index (χ4n) is 3.31. The van der Waals surface area contributed by atoms with E-state index in [9.17, 15) is 4.79 Å². The third-order valence-electron chi connectivity index (χ3n) is 4.64. The van der Waals surface area contributed by atoms with Crippen molar-refractivity contribution in [3.63, 3.8) is 0 Å². The van der Waals surface area contributed by atoms with Gasteiger partial charge in [-0.1, -0.05) is 5.16 Å². The van der Waals surface area contributed by atoms with Crippen molar-refractivity contribution in [1.29, 1.82) is 0 Å². The molecule has 0 saturated carbocycles. The van der Waals surface area contributed by atoms with Crippen molar-refractivity contribution < 1.29 is 9.32 Å². The Kier molecular flexibility index (Phi) is 5.15. The summed E-state index contributed by atoms with van der Waals surface area (Å²) in [4.78, 5) is 23.1. The van der Waals surface area contributed by atoms with Gasteiger partial charge in [0.2, 0.25) is 0 Å². The molecule has 1 aliphatic heterocycles. The highest BCUT2D eigenvalue weighted by Gasteiger charge is 2.31. The first-order chi connectivity index (χ1) is 13.2. The number of hydrogen-bond donors (Lipinski definition) is 1. The van der Waals surface area contributed by atoms with Gasteiger partial charge in [-0.2, -0.15) is 0 Å². The zero-order valence-corrected chi connectivity index (χ0v) is 15.9. The first-order valence-corrected chi connectivity index (χ1v) is 9.91. The van der Waals surface area contributed by atoms with Crippen LogP contribution in [0.3, 0.4) is 0 Å². The molecule has 0 bridgehead atoms. The number of nitrogens with one attached hydrogen (secondary N) is 1. The normalized spacial score (nSPS) is 16.6. The van der Waals surface area contributed by atoms with E-state index < -0.39 is 0 Å². The molecule has 0 radical (unpaired) electrons. The highest BCUT2D eigenvalue weighted by Crippen LogP contribution is 2.31. The van der Waals surface area contributed by atoms with E-state index in [2.05, 4.69) is 20.4 Å². The number of nitrogens with zero attached hydrogens (tertiary/aromatic N) is 4. The first-order valence-electron chi connectivity index (χ1n) is 9.03. The minimum Gasteiger partial charge on any atom is -0.361 e. The largest absolute Gasteiger partial charge is 0.361 e. The number of amides is 2. The van der Waals surface area contributed by atoms with Crippen LogP contribution in [0.15, 0.2) is 40.5 Å². The number of hydrogen-bond acceptors (Lipinski definition) is 6. The van der Waals surface area contributed by atoms with Crippen molar-refractivity contribution in [1.82, 2.24) is 25.3 Å². The van der Waals surface area contributed by atoms with Crippen molar-refractivity contribution in [2.45, 2.75) is 32.2 Å². The Bertz CT molecular complexity index is 908. The highest BCUT2D eigenvalue weighted by molar-refractivity contribution is 7.13. The summed E-state index contributed by atoms with van der Waals surface area (Å²) in [5.41, 5.74) is 2.88. The third kappa shape index (κ3) is 4.00. The first kappa shape index (κ1) is 17.7. The maximum Gasteiger partial charge on any atom is 0.317 e. The minimum absolute atomic E-state index is 0.0000141. The minimum atomic E-state index is -0.0530. The molecule has 4 heterocycles. The quantitative estimate of drug-likeness (QED) is 0.728. The second-order valence-electron chi connectivity index (χ2n) is 6.58. The van der Waals surface area contributed by atoms with Gasteiger partial charge in [0.25, 0.3) is 0 Å². The van der Waals surface area contributed by atoms with Crippen LogP contribution < -0.4 is 5.32 Å². The highest BCUT2D eigenvalue weighted by atomic mass is 32.1. The van der Waals surface area contributed by atoms with Crippen LogP contribution in [0.1, 0.15) is 36.0 Å². The number of thiazole rings is 1. The van der Waals surface area contributed by atoms with E-state index in [1.165, 1.54) is 0 Å². The van der Waals surface area contributed by atoms with Crippen molar-refractivity contribution in [3.05, 3.63) is 53.1 Å². The molecule has 7 nitrogen and oxygen atoms in total. The van der Waals surface area contributed by atoms with Crippen molar-refractivity contribution in [2.75, 3.05) is 13.1 Å². The van der Waals surface area contributed by atoms with E-state index in [1.54, 1.807) is 23.7 Å². The van der Waals surface area contributed by atoms with Gasteiger partial charge in [0, 0.05) is 48.9 Å². The van der Waals surface area contributed by atoms with Crippen molar-refractivity contribution in [2.24, 2.45) is 0 Å². The molecule has 0 spiro atoms. The number of likely N-dealkylation sites (tertiary alicyclic amines) is 1. The van der Waals surface area contributed by atoms with Crippen LogP contribution in [-0.4, -0.2) is 39.1 Å². The molecule has 2 amide bonds. The predicted octanol–water partition coefficient (Wildman–Crippen LogP) is 3.59. The fourth-order valence-corrected chi connectivity index (χ4v) is 4.17. The van der Waals surface area contributed by atoms with Gasteiger partial charge in [-0.05, 0) is 31.9 Å². The molecular weight excluding hydrogens is 362 g/mol. The molecule has 3 aromatic rings. The van der Waals surface area contributed by atoms with Gasteiger partial charge in [0.05, 0.1) is 11.7 Å². The Balaban J connectivity index is 1.31. The van der Waals surface area contributed by atoms with E-state index in [1.807, 2.05) is 35.4 Å². The lowest BCUT2D eigenvalue weighted by Crippen LogP contribution is -2.40. The van der Waals surface area contributed by atoms with Crippen LogP contribution >= 0.6 is 11.3 Å². The SMILES string of the molecule is Cc1cc([C@H]2CCCN2C(=O)NCCc2csc(-c3ccncc3)n2)no1. The molecule has 140 valence electrons. The van der Waals surface area contributed by atoms with Crippen molar-refractivity contribution >= 4 is 17.4 Å². The monoisotopic (exact) mass is 383 g/mol. The van der Waals surface area contributed by atoms with E-state index in [0.29, 0.717) is 13.0 Å². The average Bonchev–Trinajstić information content (AvgIpc) is 3.42. The van der Waals surface area contributed by atoms with Gasteiger partial charge in [0.15, 0.2) is 0 Å². The van der Waals surface area contributed by atoms with Crippen LogP contribution in [0.2, 0.25) is 0 Å². The third-order valence-corrected chi connectivity index (χ3v) is 5.58. The zero-order valence-electron chi connectivity index (χ0n) is 15.1. The summed E-state index contributed by atoms with van der Waals surface area (Å²) in [6.07, 6.45) is 6.12. The van der Waals surface area contributed by atoms with E-state index in [-0.39, 0.29) is 12.1 Å². The molecule has 1 fully saturated rings. The smallest absolute Gasteiger partial charge is 0.317 e. The number of carbonyl (C=O) groups is 1. The lowest BCUT2D eigenvalue weighted by Gasteiger charge is -2.23. The Hall–Kier alpha value is -2.74. The van der Waals surface area contributed by atoms with Gasteiger partial charge in [-0.3, -0.25) is 4.98 Å². The summed E-state index contributed by atoms with van der Waals surface area (Å²) >= 11 is 1.61. The lowest BCUT2D eigenvalue weighted by molar-refractivity contribution is 0.191. The van der Waals surface area contributed by atoms with Crippen LogP contribution in [0.4, 0.5) is 4.79 Å². The molecule has 1 atom stereocenters. The van der Waals surface area contributed by atoms with Gasteiger partial charge < -0.3 is 14.7 Å². The molecule has 4 rings (SSSR count). The van der Waals surface area contributed by atoms with Gasteiger partial charge in [-0.15, -0.1) is 11.3 Å². The molecule has 1 aliphatic rings. The van der Waals surface area contributed by atoms with Crippen LogP contribution in [-0.2, 0) is 6.42 Å². The van der Waals surface area contributed by atoms with E-state index in [0.717, 1.165) is 47.1 Å². The molecular formula is C19H21N5O2S. The van der Waals surface area contributed by atoms with E-state index >= 15 is 0 Å². The number of urea groups is 1. The number of rotatable bonds is 5. The van der Waals surface area contributed by atoms with Crippen molar-refractivity contribution in [3.8, 4) is 10.6 Å². The molecule has 27 heavy (non-hydrogen) atoms. The molecule has 0 aliphatic carbocycles. The molecule has 0 aromatic carbocycles. The summed E-state index contributed by atoms with van der Waals surface area (Å²) in [6.45, 7) is 3.16. The van der Waals surface area contributed by atoms with Gasteiger partial charge >= 0.3 is 6.03 Å². The maximum atomic E-state index is 12.6. The number of aromatic nitrogens is 3. The Morgan fingerprint density at radius 1 is 1.41 bits per heavy atom. The Morgan fingerprint density at radius 3 is 3.04 bits per heavy atom. The summed E-state index contributed by atoms with van der Waals surface area (Å²) in [6, 6.07) is 5.75. The van der Waals surface area contributed by atoms with Crippen LogP contribution in [0.25, 0.3) is 10.6 Å². The number of carbonyl (C=O) groups excluding carboxylic acids is 1. The summed E-state index contributed by atoms with van der Waals surface area (Å²) in [7, 11) is 0. The topological polar surface area (TPSA) is 84.2 Å². The molecule has 1 saturated heterocycles. The zero-order chi connectivity index (χ0) is 18.6. The average molecular weight is 383 g/mol. The van der Waals surface area contributed by atoms with Crippen LogP contribution in [0, 0.1) is 6.92 Å². The second-order valence-corrected chi connectivity index (χ2v) is 7.43. The molecule has 8 heteroatoms. The number of pyridine rings is 1. The fraction of sp³-hybridized carbons (Fsp3) is 0.368. The molecule has 0 unspecified atom stereocenters. The lowest BCUT2D eigenvalue weighted by atomic mass is 10.1. The van der Waals surface area contributed by atoms with E-state index in [4.69, 9.17) is 4.52 Å². The standard InChI is InChI=1S/C19H21N5O2S/c1-13-11-16(23-26-13)17-3-2-10-24(17)19(25)21-9-6-15-12-27-18(22-15)14-4-7-20-8-5-14/h4-5,7-8,11-12,17H,2-3,6,9-10H2,1H3,(H,21,25)/t17-/m1/s1. The van der Waals surface area contributed by atoms with Gasteiger partial charge in [0.1, 0.15) is 16.5 Å². The summed E-state index contributed by atoms with van der Waals surface area (Å²) in [5, 5.41) is 10.1. The summed E-state index contributed by atoms with van der Waals surface area (Å²) in [5.74, 6) is 0.769. The summed E-state index contributed by atoms with van der Waals surface area (Å²) < 4.78 is 5.16. The second kappa shape index (κ2) is 7.87.